The van der Waals surface area contributed by atoms with Gasteiger partial charge in [0.1, 0.15) is 0 Å². The summed E-state index contributed by atoms with van der Waals surface area (Å²) in [5.41, 5.74) is 1.10. The number of hydrogen-bond acceptors (Lipinski definition) is 2. The molecule has 0 aliphatic heterocycles. The minimum atomic E-state index is 0.0412. The second kappa shape index (κ2) is 4.21. The molecule has 0 spiro atoms. The SMILES string of the molecule is CN(Cc1cc[nH]c1)C(=O)CS. The minimum absolute atomic E-state index is 0.0412. The average Bonchev–Trinajstić information content (AvgIpc) is 2.55. The Morgan fingerprint density at radius 2 is 2.50 bits per heavy atom. The van der Waals surface area contributed by atoms with E-state index >= 15 is 0 Å². The van der Waals surface area contributed by atoms with E-state index in [1.807, 2.05) is 18.5 Å². The topological polar surface area (TPSA) is 36.1 Å². The average molecular weight is 184 g/mol. The lowest BCUT2D eigenvalue weighted by Gasteiger charge is -2.14. The van der Waals surface area contributed by atoms with Crippen molar-refractivity contribution in [2.24, 2.45) is 0 Å². The van der Waals surface area contributed by atoms with E-state index in [9.17, 15) is 4.79 Å². The molecule has 12 heavy (non-hydrogen) atoms. The largest absolute Gasteiger partial charge is 0.367 e. The standard InChI is InChI=1S/C8H12N2OS/c1-10(8(11)6-12)5-7-2-3-9-4-7/h2-4,9,12H,5-6H2,1H3. The number of carbonyl (C=O) groups is 1. The third-order valence-electron chi connectivity index (χ3n) is 1.64. The highest BCUT2D eigenvalue weighted by molar-refractivity contribution is 7.81. The van der Waals surface area contributed by atoms with Gasteiger partial charge in [0.05, 0.1) is 5.75 Å². The number of amides is 1. The van der Waals surface area contributed by atoms with E-state index in [-0.39, 0.29) is 11.7 Å². The molecule has 1 aromatic heterocycles. The third-order valence-corrected chi connectivity index (χ3v) is 1.91. The Kier molecular flexibility index (Phi) is 3.22. The molecular weight excluding hydrogens is 172 g/mol. The summed E-state index contributed by atoms with van der Waals surface area (Å²) in [6.07, 6.45) is 3.72. The van der Waals surface area contributed by atoms with Gasteiger partial charge in [-0.1, -0.05) is 0 Å². The normalized spacial score (nSPS) is 9.83. The zero-order valence-corrected chi connectivity index (χ0v) is 7.84. The smallest absolute Gasteiger partial charge is 0.232 e. The van der Waals surface area contributed by atoms with Gasteiger partial charge in [0, 0.05) is 26.0 Å². The van der Waals surface area contributed by atoms with Crippen molar-refractivity contribution >= 4 is 18.5 Å². The van der Waals surface area contributed by atoms with E-state index in [0.29, 0.717) is 6.54 Å². The predicted octanol–water partition coefficient (Wildman–Crippen LogP) is 0.903. The lowest BCUT2D eigenvalue weighted by atomic mass is 10.3. The van der Waals surface area contributed by atoms with E-state index in [4.69, 9.17) is 0 Å². The molecule has 0 radical (unpaired) electrons. The molecule has 66 valence electrons. The molecule has 0 aromatic carbocycles. The second-order valence-electron chi connectivity index (χ2n) is 2.63. The quantitative estimate of drug-likeness (QED) is 0.673. The van der Waals surface area contributed by atoms with Crippen LogP contribution in [0.5, 0.6) is 0 Å². The van der Waals surface area contributed by atoms with Crippen molar-refractivity contribution in [1.82, 2.24) is 9.88 Å². The Morgan fingerprint density at radius 1 is 1.75 bits per heavy atom. The summed E-state index contributed by atoms with van der Waals surface area (Å²) in [4.78, 5) is 15.7. The Hall–Kier alpha value is -0.900. The van der Waals surface area contributed by atoms with E-state index in [2.05, 4.69) is 17.6 Å². The fraction of sp³-hybridized carbons (Fsp3) is 0.375. The Balaban J connectivity index is 2.47. The van der Waals surface area contributed by atoms with Crippen molar-refractivity contribution in [2.75, 3.05) is 12.8 Å². The van der Waals surface area contributed by atoms with Crippen molar-refractivity contribution in [3.63, 3.8) is 0 Å². The number of aromatic amines is 1. The summed E-state index contributed by atoms with van der Waals surface area (Å²) in [5, 5.41) is 0. The van der Waals surface area contributed by atoms with Crippen molar-refractivity contribution in [1.29, 1.82) is 0 Å². The first-order valence-corrected chi connectivity index (χ1v) is 4.33. The number of rotatable bonds is 3. The van der Waals surface area contributed by atoms with Crippen LogP contribution in [0, 0.1) is 0 Å². The molecule has 0 bridgehead atoms. The van der Waals surface area contributed by atoms with Gasteiger partial charge in [-0.25, -0.2) is 0 Å². The molecule has 1 amide bonds. The van der Waals surface area contributed by atoms with Gasteiger partial charge in [-0.3, -0.25) is 4.79 Å². The molecule has 0 atom stereocenters. The molecule has 1 heterocycles. The maximum absolute atomic E-state index is 11.1. The first-order valence-electron chi connectivity index (χ1n) is 3.70. The van der Waals surface area contributed by atoms with Gasteiger partial charge in [0.25, 0.3) is 0 Å². The number of hydrogen-bond donors (Lipinski definition) is 2. The van der Waals surface area contributed by atoms with Crippen LogP contribution in [-0.2, 0) is 11.3 Å². The molecule has 0 unspecified atom stereocenters. The van der Waals surface area contributed by atoms with Crippen molar-refractivity contribution < 1.29 is 4.79 Å². The predicted molar refractivity (Wildman–Crippen MR) is 51.1 cm³/mol. The fourth-order valence-electron chi connectivity index (χ4n) is 0.940. The third kappa shape index (κ3) is 2.30. The van der Waals surface area contributed by atoms with Gasteiger partial charge in [0.2, 0.25) is 5.91 Å². The van der Waals surface area contributed by atoms with Crippen LogP contribution in [0.15, 0.2) is 18.5 Å². The Morgan fingerprint density at radius 3 is 3.00 bits per heavy atom. The molecular formula is C8H12N2OS. The molecule has 0 saturated heterocycles. The van der Waals surface area contributed by atoms with Crippen molar-refractivity contribution in [2.45, 2.75) is 6.54 Å². The first-order chi connectivity index (χ1) is 5.74. The lowest BCUT2D eigenvalue weighted by Crippen LogP contribution is -2.26. The number of carbonyl (C=O) groups excluding carboxylic acids is 1. The van der Waals surface area contributed by atoms with Crippen LogP contribution in [0.1, 0.15) is 5.56 Å². The summed E-state index contributed by atoms with van der Waals surface area (Å²) in [6.45, 7) is 0.642. The molecule has 3 nitrogen and oxygen atoms in total. The van der Waals surface area contributed by atoms with Crippen LogP contribution in [0.4, 0.5) is 0 Å². The van der Waals surface area contributed by atoms with Crippen LogP contribution in [0.25, 0.3) is 0 Å². The zero-order valence-electron chi connectivity index (χ0n) is 6.95. The summed E-state index contributed by atoms with van der Waals surface area (Å²) < 4.78 is 0. The van der Waals surface area contributed by atoms with Gasteiger partial charge in [0.15, 0.2) is 0 Å². The maximum Gasteiger partial charge on any atom is 0.232 e. The van der Waals surface area contributed by atoms with Gasteiger partial charge in [-0.2, -0.15) is 12.6 Å². The number of aromatic nitrogens is 1. The number of nitrogens with one attached hydrogen (secondary N) is 1. The molecule has 0 saturated carbocycles. The van der Waals surface area contributed by atoms with Crippen LogP contribution in [-0.4, -0.2) is 28.6 Å². The summed E-state index contributed by atoms with van der Waals surface area (Å²) in [7, 11) is 1.77. The van der Waals surface area contributed by atoms with E-state index in [1.54, 1.807) is 11.9 Å². The van der Waals surface area contributed by atoms with Crippen molar-refractivity contribution in [3.8, 4) is 0 Å². The van der Waals surface area contributed by atoms with E-state index < -0.39 is 0 Å². The molecule has 0 aliphatic carbocycles. The molecule has 1 rings (SSSR count). The molecule has 0 aliphatic rings. The van der Waals surface area contributed by atoms with Gasteiger partial charge >= 0.3 is 0 Å². The zero-order chi connectivity index (χ0) is 8.97. The molecule has 0 fully saturated rings. The summed E-state index contributed by atoms with van der Waals surface area (Å²) in [5.74, 6) is 0.306. The van der Waals surface area contributed by atoms with Crippen LogP contribution in [0.2, 0.25) is 0 Å². The van der Waals surface area contributed by atoms with Gasteiger partial charge < -0.3 is 9.88 Å². The summed E-state index contributed by atoms with van der Waals surface area (Å²) in [6, 6.07) is 1.95. The van der Waals surface area contributed by atoms with E-state index in [1.165, 1.54) is 0 Å². The number of nitrogens with zero attached hydrogens (tertiary/aromatic N) is 1. The first kappa shape index (κ1) is 9.19. The highest BCUT2D eigenvalue weighted by atomic mass is 32.1. The number of H-pyrrole nitrogens is 1. The Labute approximate surface area is 77.2 Å². The highest BCUT2D eigenvalue weighted by Crippen LogP contribution is 2.01. The molecule has 4 heteroatoms. The van der Waals surface area contributed by atoms with Crippen LogP contribution >= 0.6 is 12.6 Å². The van der Waals surface area contributed by atoms with Crippen LogP contribution < -0.4 is 0 Å². The monoisotopic (exact) mass is 184 g/mol. The van der Waals surface area contributed by atoms with Gasteiger partial charge in [-0.05, 0) is 11.6 Å². The van der Waals surface area contributed by atoms with Crippen LogP contribution in [0.3, 0.4) is 0 Å². The van der Waals surface area contributed by atoms with E-state index in [0.717, 1.165) is 5.56 Å². The van der Waals surface area contributed by atoms with Gasteiger partial charge in [-0.15, -0.1) is 0 Å². The van der Waals surface area contributed by atoms with Crippen molar-refractivity contribution in [3.05, 3.63) is 24.0 Å². The minimum Gasteiger partial charge on any atom is -0.367 e. The Bertz CT molecular complexity index is 246. The summed E-state index contributed by atoms with van der Waals surface area (Å²) >= 11 is 3.91. The number of thiol groups is 1. The second-order valence-corrected chi connectivity index (χ2v) is 2.94. The lowest BCUT2D eigenvalue weighted by molar-refractivity contribution is -0.127. The highest BCUT2D eigenvalue weighted by Gasteiger charge is 2.06. The maximum atomic E-state index is 11.1. The fourth-order valence-corrected chi connectivity index (χ4v) is 1.18. The molecule has 1 aromatic rings. The molecule has 1 N–H and O–H groups in total.